The van der Waals surface area contributed by atoms with Crippen LogP contribution in [0.4, 0.5) is 0 Å². The molecule has 1 N–H and O–H groups in total. The van der Waals surface area contributed by atoms with Gasteiger partial charge in [0.1, 0.15) is 22.2 Å². The lowest BCUT2D eigenvalue weighted by atomic mass is 10.1. The molecule has 0 bridgehead atoms. The second kappa shape index (κ2) is 7.42. The van der Waals surface area contributed by atoms with Crippen molar-refractivity contribution in [3.63, 3.8) is 0 Å². The number of rotatable bonds is 8. The Labute approximate surface area is 131 Å². The van der Waals surface area contributed by atoms with Gasteiger partial charge >= 0.3 is 0 Å². The number of aryl methyl sites for hydroxylation is 1. The molecule has 1 aromatic carbocycles. The number of sulfone groups is 1. The molecule has 2 aromatic rings. The molecule has 0 aliphatic rings. The van der Waals surface area contributed by atoms with Crippen molar-refractivity contribution in [2.75, 3.05) is 31.7 Å². The Morgan fingerprint density at radius 1 is 1.23 bits per heavy atom. The van der Waals surface area contributed by atoms with Crippen LogP contribution in [0.5, 0.6) is 5.75 Å². The summed E-state index contributed by atoms with van der Waals surface area (Å²) in [7, 11) is -1.03. The van der Waals surface area contributed by atoms with Gasteiger partial charge in [0, 0.05) is 38.2 Å². The quantitative estimate of drug-likeness (QED) is 0.737. The van der Waals surface area contributed by atoms with E-state index in [1.807, 2.05) is 37.4 Å². The molecule has 0 spiro atoms. The number of nitrogens with one attached hydrogen (secondary N) is 1. The van der Waals surface area contributed by atoms with Crippen LogP contribution >= 0.6 is 0 Å². The highest BCUT2D eigenvalue weighted by Gasteiger charge is 2.09. The number of hydrogen-bond acceptors (Lipinski definition) is 5. The maximum Gasteiger partial charge on any atom is 0.148 e. The number of ether oxygens (including phenoxy) is 1. The van der Waals surface area contributed by atoms with Gasteiger partial charge in [-0.3, -0.25) is 4.68 Å². The first-order chi connectivity index (χ1) is 10.5. The lowest BCUT2D eigenvalue weighted by molar-refractivity contribution is 0.316. The molecule has 0 saturated heterocycles. The molecule has 22 heavy (non-hydrogen) atoms. The minimum atomic E-state index is -2.92. The van der Waals surface area contributed by atoms with Crippen LogP contribution in [-0.4, -0.2) is 49.9 Å². The van der Waals surface area contributed by atoms with Crippen LogP contribution in [0.25, 0.3) is 11.3 Å². The molecule has 120 valence electrons. The summed E-state index contributed by atoms with van der Waals surface area (Å²) < 4.78 is 29.6. The topological polar surface area (TPSA) is 73.2 Å². The zero-order valence-electron chi connectivity index (χ0n) is 12.8. The van der Waals surface area contributed by atoms with Crippen molar-refractivity contribution in [1.82, 2.24) is 15.1 Å². The lowest BCUT2D eigenvalue weighted by Gasteiger charge is -2.12. The van der Waals surface area contributed by atoms with E-state index in [-0.39, 0.29) is 5.75 Å². The standard InChI is InChI=1S/C15H21N3O3S/c1-18-14(7-8-17-18)13-5-3-4-6-15(13)21-11-9-16-10-12-22(2,19)20/h3-8,16H,9-12H2,1-2H3. The van der Waals surface area contributed by atoms with Gasteiger partial charge in [0.15, 0.2) is 0 Å². The predicted molar refractivity (Wildman–Crippen MR) is 86.7 cm³/mol. The van der Waals surface area contributed by atoms with Gasteiger partial charge in [-0.15, -0.1) is 0 Å². The zero-order chi connectivity index (χ0) is 16.0. The largest absolute Gasteiger partial charge is 0.492 e. The van der Waals surface area contributed by atoms with E-state index in [2.05, 4.69) is 10.4 Å². The summed E-state index contributed by atoms with van der Waals surface area (Å²) in [5.41, 5.74) is 1.97. The molecule has 0 amide bonds. The molecular formula is C15H21N3O3S. The summed E-state index contributed by atoms with van der Waals surface area (Å²) in [4.78, 5) is 0. The summed E-state index contributed by atoms with van der Waals surface area (Å²) in [6.07, 6.45) is 2.98. The van der Waals surface area contributed by atoms with Crippen molar-refractivity contribution in [2.45, 2.75) is 0 Å². The van der Waals surface area contributed by atoms with E-state index in [0.717, 1.165) is 17.0 Å². The van der Waals surface area contributed by atoms with Gasteiger partial charge in [-0.25, -0.2) is 8.42 Å². The molecule has 0 radical (unpaired) electrons. The fourth-order valence-corrected chi connectivity index (χ4v) is 2.57. The molecular weight excluding hydrogens is 302 g/mol. The van der Waals surface area contributed by atoms with E-state index in [0.29, 0.717) is 19.7 Å². The van der Waals surface area contributed by atoms with E-state index in [4.69, 9.17) is 4.74 Å². The van der Waals surface area contributed by atoms with E-state index >= 15 is 0 Å². The van der Waals surface area contributed by atoms with E-state index in [1.54, 1.807) is 10.9 Å². The molecule has 0 atom stereocenters. The smallest absolute Gasteiger partial charge is 0.148 e. The normalized spacial score (nSPS) is 11.5. The monoisotopic (exact) mass is 323 g/mol. The molecule has 7 heteroatoms. The van der Waals surface area contributed by atoms with Gasteiger partial charge in [0.25, 0.3) is 0 Å². The highest BCUT2D eigenvalue weighted by atomic mass is 32.2. The van der Waals surface area contributed by atoms with Crippen molar-refractivity contribution in [3.05, 3.63) is 36.5 Å². The maximum absolute atomic E-state index is 11.0. The molecule has 0 fully saturated rings. The summed E-state index contributed by atoms with van der Waals surface area (Å²) >= 11 is 0. The third kappa shape index (κ3) is 4.85. The predicted octanol–water partition coefficient (Wildman–Crippen LogP) is 1.10. The minimum Gasteiger partial charge on any atom is -0.492 e. The van der Waals surface area contributed by atoms with Gasteiger partial charge < -0.3 is 10.1 Å². The number of aromatic nitrogens is 2. The number of para-hydroxylation sites is 1. The van der Waals surface area contributed by atoms with E-state index < -0.39 is 9.84 Å². The van der Waals surface area contributed by atoms with Crippen LogP contribution < -0.4 is 10.1 Å². The summed E-state index contributed by atoms with van der Waals surface area (Å²) in [5, 5.41) is 7.23. The van der Waals surface area contributed by atoms with Gasteiger partial charge in [0.2, 0.25) is 0 Å². The molecule has 1 aromatic heterocycles. The zero-order valence-corrected chi connectivity index (χ0v) is 13.6. The Hall–Kier alpha value is -1.86. The summed E-state index contributed by atoms with van der Waals surface area (Å²) in [5.74, 6) is 0.925. The Balaban J connectivity index is 1.88. The highest BCUT2D eigenvalue weighted by molar-refractivity contribution is 7.90. The van der Waals surface area contributed by atoms with Gasteiger partial charge in [-0.2, -0.15) is 5.10 Å². The van der Waals surface area contributed by atoms with Crippen LogP contribution in [0.15, 0.2) is 36.5 Å². The summed E-state index contributed by atoms with van der Waals surface area (Å²) in [6, 6.07) is 9.72. The van der Waals surface area contributed by atoms with Crippen molar-refractivity contribution >= 4 is 9.84 Å². The van der Waals surface area contributed by atoms with Gasteiger partial charge in [-0.1, -0.05) is 12.1 Å². The minimum absolute atomic E-state index is 0.138. The fourth-order valence-electron chi connectivity index (χ4n) is 2.06. The Kier molecular flexibility index (Phi) is 5.57. The molecule has 2 rings (SSSR count). The van der Waals surface area contributed by atoms with Gasteiger partial charge in [0.05, 0.1) is 11.4 Å². The Bertz CT molecular complexity index is 710. The van der Waals surface area contributed by atoms with E-state index in [1.165, 1.54) is 6.26 Å². The van der Waals surface area contributed by atoms with Crippen molar-refractivity contribution in [2.24, 2.45) is 7.05 Å². The molecule has 1 heterocycles. The SMILES string of the molecule is Cn1nccc1-c1ccccc1OCCNCCS(C)(=O)=O. The van der Waals surface area contributed by atoms with Gasteiger partial charge in [-0.05, 0) is 18.2 Å². The highest BCUT2D eigenvalue weighted by Crippen LogP contribution is 2.28. The average Bonchev–Trinajstić information content (AvgIpc) is 2.88. The molecule has 0 aliphatic heterocycles. The first kappa shape index (κ1) is 16.5. The second-order valence-corrected chi connectivity index (χ2v) is 7.32. The first-order valence-corrected chi connectivity index (χ1v) is 9.12. The number of benzene rings is 1. The average molecular weight is 323 g/mol. The second-order valence-electron chi connectivity index (χ2n) is 5.06. The van der Waals surface area contributed by atoms with Crippen LogP contribution in [0, 0.1) is 0 Å². The Morgan fingerprint density at radius 2 is 2.00 bits per heavy atom. The lowest BCUT2D eigenvalue weighted by Crippen LogP contribution is -2.26. The van der Waals surface area contributed by atoms with Crippen LogP contribution in [-0.2, 0) is 16.9 Å². The Morgan fingerprint density at radius 3 is 2.68 bits per heavy atom. The molecule has 0 saturated carbocycles. The van der Waals surface area contributed by atoms with Crippen molar-refractivity contribution in [1.29, 1.82) is 0 Å². The van der Waals surface area contributed by atoms with E-state index in [9.17, 15) is 8.42 Å². The van der Waals surface area contributed by atoms with Crippen LogP contribution in [0.3, 0.4) is 0 Å². The fraction of sp³-hybridized carbons (Fsp3) is 0.400. The molecule has 6 nitrogen and oxygen atoms in total. The van der Waals surface area contributed by atoms with Crippen molar-refractivity contribution < 1.29 is 13.2 Å². The maximum atomic E-state index is 11.0. The molecule has 0 unspecified atom stereocenters. The third-order valence-corrected chi connectivity index (χ3v) is 4.12. The first-order valence-electron chi connectivity index (χ1n) is 7.06. The van der Waals surface area contributed by atoms with Crippen molar-refractivity contribution in [3.8, 4) is 17.0 Å². The van der Waals surface area contributed by atoms with Crippen LogP contribution in [0.2, 0.25) is 0 Å². The number of hydrogen-bond donors (Lipinski definition) is 1. The molecule has 0 aliphatic carbocycles. The number of nitrogens with zero attached hydrogens (tertiary/aromatic N) is 2. The third-order valence-electron chi connectivity index (χ3n) is 3.17. The van der Waals surface area contributed by atoms with Crippen LogP contribution in [0.1, 0.15) is 0 Å². The summed E-state index contributed by atoms with van der Waals surface area (Å²) in [6.45, 7) is 1.50.